The molecule has 2 heterocycles. The Bertz CT molecular complexity index is 1310. The van der Waals surface area contributed by atoms with Crippen molar-refractivity contribution in [2.75, 3.05) is 4.90 Å². The molecule has 1 aliphatic rings. The molecule has 156 valence electrons. The Kier molecular flexibility index (Phi) is 5.34. The van der Waals surface area contributed by atoms with E-state index in [1.54, 1.807) is 60.2 Å². The highest BCUT2D eigenvalue weighted by Gasteiger charge is 2.35. The number of carboxylic acid groups (broad SMARTS) is 1. The van der Waals surface area contributed by atoms with Crippen LogP contribution >= 0.6 is 23.8 Å². The van der Waals surface area contributed by atoms with Crippen molar-refractivity contribution in [3.8, 4) is 0 Å². The van der Waals surface area contributed by atoms with E-state index >= 15 is 0 Å². The van der Waals surface area contributed by atoms with Crippen molar-refractivity contribution in [3.63, 3.8) is 0 Å². The van der Waals surface area contributed by atoms with Gasteiger partial charge in [-0.05, 0) is 49.0 Å². The zero-order valence-electron chi connectivity index (χ0n) is 16.3. The molecule has 0 unspecified atom stereocenters. The quantitative estimate of drug-likeness (QED) is 0.358. The van der Waals surface area contributed by atoms with E-state index in [0.717, 1.165) is 5.39 Å². The fourth-order valence-electron chi connectivity index (χ4n) is 3.54. The number of hydrogen-bond donors (Lipinski definition) is 2. The van der Waals surface area contributed by atoms with Crippen LogP contribution in [0.5, 0.6) is 0 Å². The minimum absolute atomic E-state index is 0.0363. The molecule has 4 rings (SSSR count). The highest BCUT2D eigenvalue weighted by atomic mass is 35.5. The molecule has 7 nitrogen and oxygen atoms in total. The first-order valence-electron chi connectivity index (χ1n) is 9.24. The summed E-state index contributed by atoms with van der Waals surface area (Å²) >= 11 is 11.4. The monoisotopic (exact) mass is 453 g/mol. The first kappa shape index (κ1) is 20.8. The second kappa shape index (κ2) is 7.98. The average Bonchev–Trinajstić information content (AvgIpc) is 3.05. The van der Waals surface area contributed by atoms with Crippen LogP contribution in [0.1, 0.15) is 11.1 Å². The molecule has 1 saturated heterocycles. The van der Waals surface area contributed by atoms with Crippen LogP contribution in [0, 0.1) is 6.92 Å². The van der Waals surface area contributed by atoms with Gasteiger partial charge in [0.15, 0.2) is 5.11 Å². The van der Waals surface area contributed by atoms with Gasteiger partial charge in [-0.3, -0.25) is 24.6 Å². The van der Waals surface area contributed by atoms with E-state index in [0.29, 0.717) is 27.4 Å². The number of aromatic nitrogens is 1. The Labute approximate surface area is 187 Å². The predicted octanol–water partition coefficient (Wildman–Crippen LogP) is 3.52. The van der Waals surface area contributed by atoms with Gasteiger partial charge in [0.1, 0.15) is 12.1 Å². The van der Waals surface area contributed by atoms with E-state index in [1.807, 2.05) is 0 Å². The SMILES string of the molecule is Cc1c(Cl)cccc1N1C(=O)/C(=C/c2cn(CC(=O)O)c3ccccc23)C(=O)NC1=S. The Balaban J connectivity index is 1.83. The van der Waals surface area contributed by atoms with E-state index in [9.17, 15) is 19.5 Å². The summed E-state index contributed by atoms with van der Waals surface area (Å²) in [6.45, 7) is 1.51. The molecular weight excluding hydrogens is 438 g/mol. The third-order valence-electron chi connectivity index (χ3n) is 5.01. The van der Waals surface area contributed by atoms with E-state index in [4.69, 9.17) is 23.8 Å². The number of carbonyl (C=O) groups is 3. The van der Waals surface area contributed by atoms with Crippen molar-refractivity contribution in [3.05, 3.63) is 70.4 Å². The third kappa shape index (κ3) is 3.71. The van der Waals surface area contributed by atoms with Crippen LogP contribution in [0.15, 0.2) is 54.2 Å². The molecule has 2 amide bonds. The third-order valence-corrected chi connectivity index (χ3v) is 5.70. The number of amides is 2. The van der Waals surface area contributed by atoms with Crippen molar-refractivity contribution in [2.24, 2.45) is 0 Å². The fraction of sp³-hybridized carbons (Fsp3) is 0.0909. The van der Waals surface area contributed by atoms with Crippen molar-refractivity contribution in [1.82, 2.24) is 9.88 Å². The van der Waals surface area contributed by atoms with Gasteiger partial charge in [-0.15, -0.1) is 0 Å². The maximum absolute atomic E-state index is 13.3. The Morgan fingerprint density at radius 3 is 2.68 bits per heavy atom. The van der Waals surface area contributed by atoms with Gasteiger partial charge in [0.2, 0.25) is 0 Å². The number of para-hydroxylation sites is 1. The molecule has 2 aromatic carbocycles. The van der Waals surface area contributed by atoms with E-state index in [1.165, 1.54) is 11.0 Å². The fourth-order valence-corrected chi connectivity index (χ4v) is 3.98. The lowest BCUT2D eigenvalue weighted by Gasteiger charge is -2.30. The smallest absolute Gasteiger partial charge is 0.323 e. The van der Waals surface area contributed by atoms with Crippen LogP contribution in [-0.2, 0) is 20.9 Å². The molecule has 1 fully saturated rings. The lowest BCUT2D eigenvalue weighted by atomic mass is 10.1. The molecule has 0 saturated carbocycles. The lowest BCUT2D eigenvalue weighted by Crippen LogP contribution is -2.54. The Morgan fingerprint density at radius 2 is 1.94 bits per heavy atom. The second-order valence-electron chi connectivity index (χ2n) is 6.97. The number of hydrogen-bond acceptors (Lipinski definition) is 4. The number of thiocarbonyl (C=S) groups is 1. The van der Waals surface area contributed by atoms with E-state index in [-0.39, 0.29) is 17.2 Å². The van der Waals surface area contributed by atoms with Crippen molar-refractivity contribution < 1.29 is 19.5 Å². The molecule has 9 heteroatoms. The minimum Gasteiger partial charge on any atom is -0.480 e. The molecule has 0 spiro atoms. The van der Waals surface area contributed by atoms with Gasteiger partial charge in [0.05, 0.1) is 5.69 Å². The number of benzene rings is 2. The summed E-state index contributed by atoms with van der Waals surface area (Å²) in [5.41, 5.74) is 2.23. The maximum Gasteiger partial charge on any atom is 0.323 e. The largest absolute Gasteiger partial charge is 0.480 e. The van der Waals surface area contributed by atoms with Gasteiger partial charge in [-0.25, -0.2) is 0 Å². The summed E-state index contributed by atoms with van der Waals surface area (Å²) in [5, 5.41) is 12.9. The van der Waals surface area contributed by atoms with Crippen molar-refractivity contribution in [2.45, 2.75) is 13.5 Å². The van der Waals surface area contributed by atoms with Gasteiger partial charge in [0, 0.05) is 27.7 Å². The molecule has 1 aliphatic heterocycles. The van der Waals surface area contributed by atoms with Crippen LogP contribution in [0.3, 0.4) is 0 Å². The number of nitrogens with zero attached hydrogens (tertiary/aromatic N) is 2. The average molecular weight is 454 g/mol. The van der Waals surface area contributed by atoms with Crippen molar-refractivity contribution in [1.29, 1.82) is 0 Å². The predicted molar refractivity (Wildman–Crippen MR) is 122 cm³/mol. The molecular formula is C22H16ClN3O4S. The molecule has 0 aliphatic carbocycles. The normalized spacial score (nSPS) is 15.6. The number of carboxylic acids is 1. The number of nitrogens with one attached hydrogen (secondary N) is 1. The molecule has 3 aromatic rings. The summed E-state index contributed by atoms with van der Waals surface area (Å²) in [4.78, 5) is 38.4. The van der Waals surface area contributed by atoms with Crippen LogP contribution in [-0.4, -0.2) is 32.6 Å². The van der Waals surface area contributed by atoms with Gasteiger partial charge >= 0.3 is 5.97 Å². The Hall–Kier alpha value is -3.49. The number of rotatable bonds is 4. The molecule has 1 aromatic heterocycles. The summed E-state index contributed by atoms with van der Waals surface area (Å²) in [6.07, 6.45) is 3.06. The number of carbonyl (C=O) groups excluding carboxylic acids is 2. The number of aliphatic carboxylic acids is 1. The van der Waals surface area contributed by atoms with Crippen LogP contribution in [0.25, 0.3) is 17.0 Å². The van der Waals surface area contributed by atoms with Crippen molar-refractivity contribution >= 4 is 69.4 Å². The number of anilines is 1. The topological polar surface area (TPSA) is 91.6 Å². The van der Waals surface area contributed by atoms with Gasteiger partial charge in [-0.2, -0.15) is 0 Å². The first-order chi connectivity index (χ1) is 14.8. The first-order valence-corrected chi connectivity index (χ1v) is 10.0. The second-order valence-corrected chi connectivity index (χ2v) is 7.76. The molecule has 0 radical (unpaired) electrons. The summed E-state index contributed by atoms with van der Waals surface area (Å²) < 4.78 is 1.55. The standard InChI is InChI=1S/C22H16ClN3O4S/c1-12-16(23)6-4-8-17(12)26-21(30)15(20(29)24-22(26)31)9-13-10-25(11-19(27)28)18-7-3-2-5-14(13)18/h2-10H,11H2,1H3,(H,27,28)(H,24,29,31)/b15-9+. The summed E-state index contributed by atoms with van der Waals surface area (Å²) in [6, 6.07) is 12.3. The van der Waals surface area contributed by atoms with Crippen LogP contribution in [0.2, 0.25) is 5.02 Å². The number of fused-ring (bicyclic) bond motifs is 1. The molecule has 0 atom stereocenters. The van der Waals surface area contributed by atoms with E-state index < -0.39 is 17.8 Å². The minimum atomic E-state index is -1.00. The van der Waals surface area contributed by atoms with Gasteiger partial charge in [0.25, 0.3) is 11.8 Å². The summed E-state index contributed by atoms with van der Waals surface area (Å²) in [7, 11) is 0. The zero-order valence-corrected chi connectivity index (χ0v) is 17.8. The Morgan fingerprint density at radius 1 is 1.19 bits per heavy atom. The van der Waals surface area contributed by atoms with E-state index in [2.05, 4.69) is 5.32 Å². The highest BCUT2D eigenvalue weighted by molar-refractivity contribution is 7.80. The molecule has 2 N–H and O–H groups in total. The van der Waals surface area contributed by atoms with Crippen LogP contribution in [0.4, 0.5) is 5.69 Å². The number of halogens is 1. The van der Waals surface area contributed by atoms with Gasteiger partial charge in [-0.1, -0.05) is 35.9 Å². The molecule has 31 heavy (non-hydrogen) atoms. The molecule has 0 bridgehead atoms. The highest BCUT2D eigenvalue weighted by Crippen LogP contribution is 2.30. The maximum atomic E-state index is 13.3. The zero-order chi connectivity index (χ0) is 22.3. The van der Waals surface area contributed by atoms with Crippen LogP contribution < -0.4 is 10.2 Å². The van der Waals surface area contributed by atoms with Gasteiger partial charge < -0.3 is 9.67 Å². The summed E-state index contributed by atoms with van der Waals surface area (Å²) in [5.74, 6) is -2.21. The lowest BCUT2D eigenvalue weighted by molar-refractivity contribution is -0.137.